The van der Waals surface area contributed by atoms with Crippen LogP contribution in [0.3, 0.4) is 0 Å². The van der Waals surface area contributed by atoms with E-state index in [1.165, 1.54) is 11.3 Å². The number of guanidine groups is 1. The van der Waals surface area contributed by atoms with E-state index in [-0.39, 0.29) is 41.9 Å². The van der Waals surface area contributed by atoms with Crippen molar-refractivity contribution in [1.82, 2.24) is 20.9 Å². The average Bonchev–Trinajstić information content (AvgIpc) is 3.15. The summed E-state index contributed by atoms with van der Waals surface area (Å²) in [5.41, 5.74) is 1.72. The third kappa shape index (κ3) is 9.11. The Kier molecular flexibility index (Phi) is 12.8. The minimum Gasteiger partial charge on any atom is -0.462 e. The number of carbonyl (C=O) groups excluding carboxylic acids is 2. The van der Waals surface area contributed by atoms with Crippen molar-refractivity contribution in [2.45, 2.75) is 46.7 Å². The van der Waals surface area contributed by atoms with Crippen LogP contribution in [0.5, 0.6) is 0 Å². The first kappa shape index (κ1) is 27.8. The zero-order chi connectivity index (χ0) is 22.6. The van der Waals surface area contributed by atoms with Gasteiger partial charge in [-0.25, -0.2) is 9.78 Å². The molecule has 0 bridgehead atoms. The van der Waals surface area contributed by atoms with Gasteiger partial charge in [0.2, 0.25) is 5.91 Å². The monoisotopic (exact) mass is 573 g/mol. The Morgan fingerprint density at radius 3 is 2.56 bits per heavy atom. The van der Waals surface area contributed by atoms with Gasteiger partial charge in [0, 0.05) is 19.5 Å². The lowest BCUT2D eigenvalue weighted by molar-refractivity contribution is -0.121. The van der Waals surface area contributed by atoms with Crippen LogP contribution in [-0.2, 0) is 16.1 Å². The Bertz CT molecular complexity index is 889. The van der Waals surface area contributed by atoms with Crippen LogP contribution in [0.4, 0.5) is 0 Å². The number of thiazole rings is 1. The molecule has 10 heteroatoms. The zero-order valence-corrected chi connectivity index (χ0v) is 22.1. The van der Waals surface area contributed by atoms with E-state index in [4.69, 9.17) is 4.74 Å². The number of ether oxygens (including phenoxy) is 1. The number of nitrogens with zero attached hydrogens (tertiary/aromatic N) is 2. The lowest BCUT2D eigenvalue weighted by Gasteiger charge is -2.16. The predicted octanol–water partition coefficient (Wildman–Crippen LogP) is 3.57. The van der Waals surface area contributed by atoms with Gasteiger partial charge >= 0.3 is 5.97 Å². The molecule has 1 atom stereocenters. The second kappa shape index (κ2) is 14.8. The third-order valence-corrected chi connectivity index (χ3v) is 5.60. The maximum absolute atomic E-state index is 12.1. The summed E-state index contributed by atoms with van der Waals surface area (Å²) in [6, 6.07) is 9.63. The molecule has 0 saturated heterocycles. The average molecular weight is 574 g/mol. The number of esters is 1. The van der Waals surface area contributed by atoms with E-state index in [2.05, 4.69) is 25.9 Å². The second-order valence-electron chi connectivity index (χ2n) is 6.83. The van der Waals surface area contributed by atoms with Crippen molar-refractivity contribution in [2.75, 3.05) is 19.7 Å². The fraction of sp³-hybridized carbons (Fsp3) is 0.455. The Labute approximate surface area is 210 Å². The number of hydrogen-bond donors (Lipinski definition) is 3. The molecule has 3 N–H and O–H groups in total. The number of aliphatic imine (C=N–C) groups is 1. The summed E-state index contributed by atoms with van der Waals surface area (Å²) in [6.07, 6.45) is 0.293. The number of rotatable bonds is 10. The van der Waals surface area contributed by atoms with Gasteiger partial charge in [-0.05, 0) is 33.3 Å². The summed E-state index contributed by atoms with van der Waals surface area (Å²) >= 11 is 1.31. The van der Waals surface area contributed by atoms with Crippen LogP contribution in [-0.4, -0.2) is 42.5 Å². The summed E-state index contributed by atoms with van der Waals surface area (Å²) in [5.74, 6) is 0.195. The van der Waals surface area contributed by atoms with Crippen molar-refractivity contribution < 1.29 is 14.3 Å². The van der Waals surface area contributed by atoms with E-state index in [0.29, 0.717) is 49.2 Å². The molecule has 8 nitrogen and oxygen atoms in total. The molecule has 176 valence electrons. The Morgan fingerprint density at radius 1 is 1.19 bits per heavy atom. The molecule has 1 aromatic heterocycles. The number of carbonyl (C=O) groups is 2. The number of hydrogen-bond acceptors (Lipinski definition) is 6. The molecule has 0 aliphatic carbocycles. The van der Waals surface area contributed by atoms with E-state index in [0.717, 1.165) is 10.6 Å². The van der Waals surface area contributed by atoms with Gasteiger partial charge in [0.15, 0.2) is 5.96 Å². The van der Waals surface area contributed by atoms with Crippen LogP contribution in [0, 0.1) is 6.92 Å². The predicted molar refractivity (Wildman–Crippen MR) is 139 cm³/mol. The van der Waals surface area contributed by atoms with Crippen molar-refractivity contribution in [3.63, 3.8) is 0 Å². The van der Waals surface area contributed by atoms with Gasteiger partial charge in [-0.3, -0.25) is 9.79 Å². The number of aromatic nitrogens is 1. The standard InChI is InChI=1S/C22H31N5O3S.HI/c1-5-23-22(24-13-12-18(28)25-14-17-10-8-7-9-11-17)27-16(4)20-26-15(3)19(31-20)21(29)30-6-2;/h7-11,16H,5-6,12-14H2,1-4H3,(H,25,28)(H2,23,24,27);1H. The molecule has 0 fully saturated rings. The lowest BCUT2D eigenvalue weighted by Crippen LogP contribution is -2.39. The number of aryl methyl sites for hydroxylation is 1. The molecule has 2 rings (SSSR count). The molecule has 0 saturated carbocycles. The van der Waals surface area contributed by atoms with Crippen LogP contribution >= 0.6 is 35.3 Å². The second-order valence-corrected chi connectivity index (χ2v) is 7.86. The number of nitrogens with one attached hydrogen (secondary N) is 3. The highest BCUT2D eigenvalue weighted by atomic mass is 127. The van der Waals surface area contributed by atoms with E-state index < -0.39 is 0 Å². The summed E-state index contributed by atoms with van der Waals surface area (Å²) in [4.78, 5) is 33.6. The largest absolute Gasteiger partial charge is 0.462 e. The molecule has 1 aromatic carbocycles. The molecular formula is C22H32IN5O3S. The van der Waals surface area contributed by atoms with Gasteiger partial charge in [0.1, 0.15) is 9.88 Å². The fourth-order valence-electron chi connectivity index (χ4n) is 2.73. The maximum Gasteiger partial charge on any atom is 0.350 e. The van der Waals surface area contributed by atoms with Gasteiger partial charge in [-0.2, -0.15) is 0 Å². The zero-order valence-electron chi connectivity index (χ0n) is 18.9. The SMILES string of the molecule is CCNC(=NCCC(=O)NCc1ccccc1)NC(C)c1nc(C)c(C(=O)OCC)s1.I. The van der Waals surface area contributed by atoms with Gasteiger partial charge in [-0.15, -0.1) is 35.3 Å². The highest BCUT2D eigenvalue weighted by Crippen LogP contribution is 2.24. The van der Waals surface area contributed by atoms with Crippen molar-refractivity contribution >= 4 is 53.1 Å². The molecular weight excluding hydrogens is 541 g/mol. The smallest absolute Gasteiger partial charge is 0.350 e. The van der Waals surface area contributed by atoms with Crippen molar-refractivity contribution in [3.8, 4) is 0 Å². The van der Waals surface area contributed by atoms with Gasteiger partial charge in [-0.1, -0.05) is 30.3 Å². The molecule has 2 aromatic rings. The molecule has 0 aliphatic rings. The first-order chi connectivity index (χ1) is 14.9. The molecule has 1 unspecified atom stereocenters. The minimum atomic E-state index is -0.349. The topological polar surface area (TPSA) is 105 Å². The van der Waals surface area contributed by atoms with Crippen molar-refractivity contribution in [3.05, 3.63) is 51.5 Å². The third-order valence-electron chi connectivity index (χ3n) is 4.28. The Hall–Kier alpha value is -2.21. The van der Waals surface area contributed by atoms with Crippen molar-refractivity contribution in [1.29, 1.82) is 0 Å². The maximum atomic E-state index is 12.1. The molecule has 1 heterocycles. The Morgan fingerprint density at radius 2 is 1.91 bits per heavy atom. The number of benzene rings is 1. The fourth-order valence-corrected chi connectivity index (χ4v) is 3.69. The summed E-state index contributed by atoms with van der Waals surface area (Å²) in [6.45, 7) is 9.37. The van der Waals surface area contributed by atoms with Gasteiger partial charge in [0.05, 0.1) is 24.9 Å². The number of halogens is 1. The van der Waals surface area contributed by atoms with E-state index in [1.807, 2.05) is 44.2 Å². The molecule has 1 amide bonds. The van der Waals surface area contributed by atoms with Crippen LogP contribution in [0.1, 0.15) is 59.2 Å². The van der Waals surface area contributed by atoms with Gasteiger partial charge in [0.25, 0.3) is 0 Å². The summed E-state index contributed by atoms with van der Waals surface area (Å²) in [7, 11) is 0. The normalized spacial score (nSPS) is 11.8. The quantitative estimate of drug-likeness (QED) is 0.174. The first-order valence-corrected chi connectivity index (χ1v) is 11.3. The lowest BCUT2D eigenvalue weighted by atomic mass is 10.2. The van der Waals surface area contributed by atoms with E-state index >= 15 is 0 Å². The van der Waals surface area contributed by atoms with Crippen LogP contribution < -0.4 is 16.0 Å². The van der Waals surface area contributed by atoms with Crippen LogP contribution in [0.15, 0.2) is 35.3 Å². The summed E-state index contributed by atoms with van der Waals surface area (Å²) < 4.78 is 5.08. The molecule has 0 spiro atoms. The van der Waals surface area contributed by atoms with Gasteiger partial charge < -0.3 is 20.7 Å². The molecule has 0 radical (unpaired) electrons. The van der Waals surface area contributed by atoms with Crippen LogP contribution in [0.25, 0.3) is 0 Å². The molecule has 32 heavy (non-hydrogen) atoms. The molecule has 0 aliphatic heterocycles. The Balaban J connectivity index is 0.00000512. The highest BCUT2D eigenvalue weighted by molar-refractivity contribution is 14.0. The van der Waals surface area contributed by atoms with E-state index in [9.17, 15) is 9.59 Å². The number of amides is 1. The first-order valence-electron chi connectivity index (χ1n) is 10.4. The van der Waals surface area contributed by atoms with E-state index in [1.54, 1.807) is 13.8 Å². The van der Waals surface area contributed by atoms with Crippen LogP contribution in [0.2, 0.25) is 0 Å². The highest BCUT2D eigenvalue weighted by Gasteiger charge is 2.20. The minimum absolute atomic E-state index is 0. The van der Waals surface area contributed by atoms with Crippen molar-refractivity contribution in [2.24, 2.45) is 4.99 Å². The summed E-state index contributed by atoms with van der Waals surface area (Å²) in [5, 5.41) is 10.1.